The van der Waals surface area contributed by atoms with Gasteiger partial charge in [0.2, 0.25) is 0 Å². The molecule has 2 fully saturated rings. The molecule has 5 nitrogen and oxygen atoms in total. The van der Waals surface area contributed by atoms with E-state index in [9.17, 15) is 0 Å². The molecule has 134 valence electrons. The van der Waals surface area contributed by atoms with Gasteiger partial charge in [-0.1, -0.05) is 12.5 Å². The zero-order valence-electron chi connectivity index (χ0n) is 14.6. The molecule has 2 aromatic heterocycles. The highest BCUT2D eigenvalue weighted by atomic mass is 16.5. The predicted octanol–water partition coefficient (Wildman–Crippen LogP) is 3.26. The molecule has 25 heavy (non-hydrogen) atoms. The smallest absolute Gasteiger partial charge is 0.117 e. The van der Waals surface area contributed by atoms with Gasteiger partial charge in [-0.15, -0.1) is 0 Å². The van der Waals surface area contributed by atoms with Crippen LogP contribution in [0.25, 0.3) is 0 Å². The van der Waals surface area contributed by atoms with Crippen LogP contribution < -0.4 is 0 Å². The van der Waals surface area contributed by atoms with E-state index in [2.05, 4.69) is 9.88 Å². The largest absolute Gasteiger partial charge is 0.468 e. The number of ether oxygens (including phenoxy) is 2. The lowest BCUT2D eigenvalue weighted by Crippen LogP contribution is -2.54. The standard InChI is InChI=1S/C20H26N2O3/c1-2-9-21-18(6-1)15-23-14-17-5-3-8-20(17)16-22(10-12-25-20)13-19-7-4-11-24-19/h1-2,4,6-7,9,11,17H,3,5,8,10,12-16H2/t17-,20+/m1/s1. The van der Waals surface area contributed by atoms with Crippen molar-refractivity contribution in [2.75, 3.05) is 26.3 Å². The molecule has 2 aromatic rings. The molecule has 0 unspecified atom stereocenters. The Hall–Kier alpha value is -1.69. The van der Waals surface area contributed by atoms with Crippen molar-refractivity contribution in [2.45, 2.75) is 38.0 Å². The van der Waals surface area contributed by atoms with Gasteiger partial charge in [0.1, 0.15) is 5.76 Å². The fraction of sp³-hybridized carbons (Fsp3) is 0.550. The maximum Gasteiger partial charge on any atom is 0.117 e. The number of aromatic nitrogens is 1. The average Bonchev–Trinajstić information content (AvgIpc) is 3.27. The molecule has 3 heterocycles. The number of pyridine rings is 1. The first-order valence-corrected chi connectivity index (χ1v) is 9.20. The molecule has 0 amide bonds. The number of hydrogen-bond acceptors (Lipinski definition) is 5. The number of furan rings is 1. The average molecular weight is 342 g/mol. The maximum absolute atomic E-state index is 6.32. The monoisotopic (exact) mass is 342 g/mol. The van der Waals surface area contributed by atoms with E-state index >= 15 is 0 Å². The number of rotatable bonds is 6. The van der Waals surface area contributed by atoms with Gasteiger partial charge in [-0.25, -0.2) is 0 Å². The van der Waals surface area contributed by atoms with Crippen LogP contribution in [0.2, 0.25) is 0 Å². The molecular formula is C20H26N2O3. The zero-order chi connectivity index (χ0) is 17.0. The third-order valence-corrected chi connectivity index (χ3v) is 5.44. The van der Waals surface area contributed by atoms with Gasteiger partial charge in [-0.05, 0) is 37.1 Å². The summed E-state index contributed by atoms with van der Waals surface area (Å²) in [5.41, 5.74) is 0.924. The molecule has 1 spiro atoms. The predicted molar refractivity (Wildman–Crippen MR) is 93.9 cm³/mol. The highest BCUT2D eigenvalue weighted by Crippen LogP contribution is 2.41. The summed E-state index contributed by atoms with van der Waals surface area (Å²) in [5, 5.41) is 0. The Morgan fingerprint density at radius 2 is 2.28 bits per heavy atom. The molecule has 2 aliphatic rings. The van der Waals surface area contributed by atoms with Crippen LogP contribution in [0, 0.1) is 5.92 Å². The number of morpholine rings is 1. The summed E-state index contributed by atoms with van der Waals surface area (Å²) in [6, 6.07) is 9.94. The second-order valence-electron chi connectivity index (χ2n) is 7.13. The van der Waals surface area contributed by atoms with Crippen molar-refractivity contribution in [3.05, 3.63) is 54.2 Å². The summed E-state index contributed by atoms with van der Waals surface area (Å²) in [7, 11) is 0. The van der Waals surface area contributed by atoms with Gasteiger partial charge in [0.25, 0.3) is 0 Å². The molecule has 0 radical (unpaired) electrons. The van der Waals surface area contributed by atoms with Crippen LogP contribution in [0.3, 0.4) is 0 Å². The quantitative estimate of drug-likeness (QED) is 0.806. The molecular weight excluding hydrogens is 316 g/mol. The van der Waals surface area contributed by atoms with Crippen LogP contribution in [0.5, 0.6) is 0 Å². The molecule has 5 heteroatoms. The Morgan fingerprint density at radius 3 is 3.12 bits per heavy atom. The van der Waals surface area contributed by atoms with Crippen LogP contribution in [0.4, 0.5) is 0 Å². The van der Waals surface area contributed by atoms with Gasteiger partial charge in [-0.2, -0.15) is 0 Å². The van der Waals surface area contributed by atoms with E-state index < -0.39 is 0 Å². The zero-order valence-corrected chi connectivity index (χ0v) is 14.6. The summed E-state index contributed by atoms with van der Waals surface area (Å²) in [6.07, 6.45) is 7.07. The normalized spacial score (nSPS) is 27.1. The van der Waals surface area contributed by atoms with Crippen molar-refractivity contribution < 1.29 is 13.9 Å². The second-order valence-corrected chi connectivity index (χ2v) is 7.13. The molecule has 2 atom stereocenters. The third kappa shape index (κ3) is 3.94. The van der Waals surface area contributed by atoms with E-state index in [1.807, 2.05) is 36.5 Å². The first kappa shape index (κ1) is 16.8. The van der Waals surface area contributed by atoms with Gasteiger partial charge < -0.3 is 13.9 Å². The second kappa shape index (κ2) is 7.68. The lowest BCUT2D eigenvalue weighted by Gasteiger charge is -2.43. The topological polar surface area (TPSA) is 47.7 Å². The van der Waals surface area contributed by atoms with Crippen molar-refractivity contribution in [1.82, 2.24) is 9.88 Å². The van der Waals surface area contributed by atoms with Crippen LogP contribution in [0.1, 0.15) is 30.7 Å². The van der Waals surface area contributed by atoms with Gasteiger partial charge in [0.05, 0.1) is 43.9 Å². The van der Waals surface area contributed by atoms with E-state index in [1.165, 1.54) is 12.8 Å². The number of nitrogens with zero attached hydrogens (tertiary/aromatic N) is 2. The minimum absolute atomic E-state index is 0.0606. The van der Waals surface area contributed by atoms with E-state index in [4.69, 9.17) is 13.9 Å². The first-order valence-electron chi connectivity index (χ1n) is 9.20. The van der Waals surface area contributed by atoms with E-state index in [-0.39, 0.29) is 5.60 Å². The maximum atomic E-state index is 6.32. The van der Waals surface area contributed by atoms with Crippen molar-refractivity contribution in [3.63, 3.8) is 0 Å². The molecule has 4 rings (SSSR count). The Bertz CT molecular complexity index is 646. The minimum Gasteiger partial charge on any atom is -0.468 e. The Balaban J connectivity index is 1.34. The Kier molecular flexibility index (Phi) is 5.15. The van der Waals surface area contributed by atoms with Gasteiger partial charge >= 0.3 is 0 Å². The fourth-order valence-electron chi connectivity index (χ4n) is 4.18. The summed E-state index contributed by atoms with van der Waals surface area (Å²) in [5.74, 6) is 1.48. The highest BCUT2D eigenvalue weighted by molar-refractivity contribution is 5.03. The van der Waals surface area contributed by atoms with E-state index in [0.29, 0.717) is 12.5 Å². The molecule has 1 aliphatic carbocycles. The third-order valence-electron chi connectivity index (χ3n) is 5.44. The summed E-state index contributed by atoms with van der Waals surface area (Å²) < 4.78 is 17.8. The van der Waals surface area contributed by atoms with E-state index in [0.717, 1.165) is 50.7 Å². The molecule has 0 aromatic carbocycles. The summed E-state index contributed by atoms with van der Waals surface area (Å²) >= 11 is 0. The van der Waals surface area contributed by atoms with Crippen molar-refractivity contribution >= 4 is 0 Å². The SMILES string of the molecule is c1ccc(COC[C@H]2CCC[C@]23CN(Cc2ccco2)CCO3)nc1. The fourth-order valence-corrected chi connectivity index (χ4v) is 4.18. The highest BCUT2D eigenvalue weighted by Gasteiger charge is 2.47. The van der Waals surface area contributed by atoms with Crippen molar-refractivity contribution in [1.29, 1.82) is 0 Å². The molecule has 1 aliphatic heterocycles. The lowest BCUT2D eigenvalue weighted by molar-refractivity contribution is -0.145. The Labute approximate surface area is 148 Å². The summed E-state index contributed by atoms with van der Waals surface area (Å²) in [4.78, 5) is 6.78. The van der Waals surface area contributed by atoms with Crippen LogP contribution >= 0.6 is 0 Å². The molecule has 0 N–H and O–H groups in total. The lowest BCUT2D eigenvalue weighted by atomic mass is 9.89. The molecule has 1 saturated carbocycles. The first-order chi connectivity index (χ1) is 12.3. The van der Waals surface area contributed by atoms with Crippen molar-refractivity contribution in [2.24, 2.45) is 5.92 Å². The van der Waals surface area contributed by atoms with E-state index in [1.54, 1.807) is 6.26 Å². The van der Waals surface area contributed by atoms with Gasteiger partial charge in [0.15, 0.2) is 0 Å². The summed E-state index contributed by atoms with van der Waals surface area (Å²) in [6.45, 7) is 4.89. The Morgan fingerprint density at radius 1 is 1.28 bits per heavy atom. The van der Waals surface area contributed by atoms with Crippen LogP contribution in [-0.2, 0) is 22.6 Å². The van der Waals surface area contributed by atoms with Gasteiger partial charge in [-0.3, -0.25) is 9.88 Å². The number of hydrogen-bond donors (Lipinski definition) is 0. The van der Waals surface area contributed by atoms with Gasteiger partial charge in [0, 0.05) is 25.2 Å². The molecule has 0 bridgehead atoms. The minimum atomic E-state index is -0.0606. The molecule has 1 saturated heterocycles. The van der Waals surface area contributed by atoms with Crippen LogP contribution in [0.15, 0.2) is 47.2 Å². The van der Waals surface area contributed by atoms with Crippen LogP contribution in [-0.4, -0.2) is 41.8 Å². The van der Waals surface area contributed by atoms with Crippen molar-refractivity contribution in [3.8, 4) is 0 Å².